The smallest absolute Gasteiger partial charge is 0.259 e. The number of nitrogens with one attached hydrogen (secondary N) is 1. The molecule has 1 aromatic heterocycles. The largest absolute Gasteiger partial charge is 0.334 e. The van der Waals surface area contributed by atoms with Crippen LogP contribution in [0.5, 0.6) is 0 Å². The van der Waals surface area contributed by atoms with E-state index in [0.29, 0.717) is 11.8 Å². The van der Waals surface area contributed by atoms with Crippen molar-refractivity contribution in [3.05, 3.63) is 32.1 Å². The number of halogens is 2. The fourth-order valence-electron chi connectivity index (χ4n) is 2.24. The van der Waals surface area contributed by atoms with E-state index in [-0.39, 0.29) is 0 Å². The molecule has 3 rings (SSSR count). The lowest BCUT2D eigenvalue weighted by molar-refractivity contribution is 0.393. The molecule has 0 bridgehead atoms. The van der Waals surface area contributed by atoms with Gasteiger partial charge in [0.2, 0.25) is 0 Å². The number of hydrogen-bond donors (Lipinski definition) is 1. The van der Waals surface area contributed by atoms with Crippen LogP contribution in [0.2, 0.25) is 0 Å². The Hall–Kier alpha value is -0.470. The fourth-order valence-corrected chi connectivity index (χ4v) is 3.15. The lowest BCUT2D eigenvalue weighted by atomic mass is 9.99. The van der Waals surface area contributed by atoms with Crippen LogP contribution in [0.3, 0.4) is 0 Å². The molecule has 0 amide bonds. The van der Waals surface area contributed by atoms with E-state index in [1.54, 1.807) is 0 Å². The highest BCUT2D eigenvalue weighted by molar-refractivity contribution is 14.1. The van der Waals surface area contributed by atoms with Crippen molar-refractivity contribution in [1.29, 1.82) is 0 Å². The van der Waals surface area contributed by atoms with Crippen molar-refractivity contribution < 1.29 is 4.52 Å². The number of aromatic nitrogens is 2. The van der Waals surface area contributed by atoms with E-state index >= 15 is 0 Å². The molecular weight excluding hydrogens is 421 g/mol. The third-order valence-electron chi connectivity index (χ3n) is 3.26. The Labute approximate surface area is 133 Å². The molecule has 1 aromatic carbocycles. The first kappa shape index (κ1) is 13.5. The maximum Gasteiger partial charge on any atom is 0.259 e. The van der Waals surface area contributed by atoms with Gasteiger partial charge in [0.25, 0.3) is 5.89 Å². The Morgan fingerprint density at radius 2 is 2.32 bits per heavy atom. The quantitative estimate of drug-likeness (QED) is 0.735. The molecule has 2 aromatic rings. The predicted octanol–water partition coefficient (Wildman–Crippen LogP) is 3.57. The molecule has 0 spiro atoms. The number of hydrogen-bond acceptors (Lipinski definition) is 4. The summed E-state index contributed by atoms with van der Waals surface area (Å²) < 4.78 is 7.54. The van der Waals surface area contributed by atoms with Gasteiger partial charge in [-0.2, -0.15) is 4.98 Å². The zero-order valence-electron chi connectivity index (χ0n) is 10.2. The standard InChI is InChI=1S/C13H13BrIN3O/c14-11-4-3-9(15)6-10(11)13-17-12(18-19-13)8-2-1-5-16-7-8/h3-4,6,8,16H,1-2,5,7H2. The molecule has 4 nitrogen and oxygen atoms in total. The summed E-state index contributed by atoms with van der Waals surface area (Å²) in [6.45, 7) is 2.02. The van der Waals surface area contributed by atoms with Gasteiger partial charge in [0.15, 0.2) is 5.82 Å². The van der Waals surface area contributed by atoms with E-state index in [2.05, 4.69) is 54.0 Å². The lowest BCUT2D eigenvalue weighted by Crippen LogP contribution is -2.28. The van der Waals surface area contributed by atoms with Crippen molar-refractivity contribution in [3.63, 3.8) is 0 Å². The molecule has 1 saturated heterocycles. The molecule has 2 heterocycles. The first-order valence-corrected chi connectivity index (χ1v) is 8.11. The zero-order valence-corrected chi connectivity index (χ0v) is 13.9. The molecule has 19 heavy (non-hydrogen) atoms. The van der Waals surface area contributed by atoms with Gasteiger partial charge in [-0.15, -0.1) is 0 Å². The minimum absolute atomic E-state index is 0.368. The second-order valence-electron chi connectivity index (χ2n) is 4.63. The summed E-state index contributed by atoms with van der Waals surface area (Å²) in [6, 6.07) is 6.08. The summed E-state index contributed by atoms with van der Waals surface area (Å²) in [4.78, 5) is 4.56. The summed E-state index contributed by atoms with van der Waals surface area (Å²) in [5, 5.41) is 7.51. The Morgan fingerprint density at radius 1 is 1.42 bits per heavy atom. The first-order valence-electron chi connectivity index (χ1n) is 6.24. The molecule has 1 atom stereocenters. The molecule has 0 aliphatic carbocycles. The average molecular weight is 434 g/mol. The van der Waals surface area contributed by atoms with Crippen LogP contribution in [-0.2, 0) is 0 Å². The van der Waals surface area contributed by atoms with Crippen molar-refractivity contribution in [2.45, 2.75) is 18.8 Å². The highest BCUT2D eigenvalue weighted by Gasteiger charge is 2.21. The Bertz CT molecular complexity index is 581. The van der Waals surface area contributed by atoms with Gasteiger partial charge in [-0.05, 0) is 76.1 Å². The third-order valence-corrected chi connectivity index (χ3v) is 4.63. The molecule has 1 aliphatic rings. The molecule has 1 aliphatic heterocycles. The van der Waals surface area contributed by atoms with Gasteiger partial charge in [-0.25, -0.2) is 0 Å². The van der Waals surface area contributed by atoms with Gasteiger partial charge in [-0.3, -0.25) is 0 Å². The lowest BCUT2D eigenvalue weighted by Gasteiger charge is -2.19. The number of nitrogens with zero attached hydrogens (tertiary/aromatic N) is 2. The van der Waals surface area contributed by atoms with Crippen LogP contribution in [0.25, 0.3) is 11.5 Å². The van der Waals surface area contributed by atoms with Gasteiger partial charge in [0.05, 0.1) is 5.56 Å². The number of rotatable bonds is 2. The van der Waals surface area contributed by atoms with Crippen LogP contribution in [0.1, 0.15) is 24.6 Å². The predicted molar refractivity (Wildman–Crippen MR) is 85.0 cm³/mol. The van der Waals surface area contributed by atoms with E-state index in [1.165, 1.54) is 6.42 Å². The number of piperidine rings is 1. The van der Waals surface area contributed by atoms with Crippen LogP contribution in [0.15, 0.2) is 27.2 Å². The highest BCUT2D eigenvalue weighted by Crippen LogP contribution is 2.30. The molecule has 100 valence electrons. The van der Waals surface area contributed by atoms with E-state index < -0.39 is 0 Å². The Morgan fingerprint density at radius 3 is 3.11 bits per heavy atom. The van der Waals surface area contributed by atoms with Crippen molar-refractivity contribution in [2.75, 3.05) is 13.1 Å². The van der Waals surface area contributed by atoms with Gasteiger partial charge < -0.3 is 9.84 Å². The molecule has 6 heteroatoms. The summed E-state index contributed by atoms with van der Waals surface area (Å²) >= 11 is 5.81. The van der Waals surface area contributed by atoms with E-state index in [0.717, 1.165) is 38.9 Å². The maximum atomic E-state index is 5.42. The molecule has 1 unspecified atom stereocenters. The van der Waals surface area contributed by atoms with Crippen LogP contribution in [0.4, 0.5) is 0 Å². The first-order chi connectivity index (χ1) is 9.24. The molecular formula is C13H13BrIN3O. The van der Waals surface area contributed by atoms with Gasteiger partial charge >= 0.3 is 0 Å². The van der Waals surface area contributed by atoms with Crippen molar-refractivity contribution in [2.24, 2.45) is 0 Å². The van der Waals surface area contributed by atoms with Crippen LogP contribution in [0, 0.1) is 3.57 Å². The summed E-state index contributed by atoms with van der Waals surface area (Å²) in [6.07, 6.45) is 2.29. The second kappa shape index (κ2) is 5.88. The average Bonchev–Trinajstić information content (AvgIpc) is 2.92. The summed E-state index contributed by atoms with van der Waals surface area (Å²) in [7, 11) is 0. The zero-order chi connectivity index (χ0) is 13.2. The molecule has 1 N–H and O–H groups in total. The van der Waals surface area contributed by atoms with E-state index in [9.17, 15) is 0 Å². The van der Waals surface area contributed by atoms with Gasteiger partial charge in [0.1, 0.15) is 0 Å². The minimum atomic E-state index is 0.368. The van der Waals surface area contributed by atoms with Crippen LogP contribution < -0.4 is 5.32 Å². The van der Waals surface area contributed by atoms with Crippen molar-refractivity contribution in [1.82, 2.24) is 15.5 Å². The van der Waals surface area contributed by atoms with Crippen LogP contribution >= 0.6 is 38.5 Å². The van der Waals surface area contributed by atoms with Gasteiger partial charge in [-0.1, -0.05) is 5.16 Å². The summed E-state index contributed by atoms with van der Waals surface area (Å²) in [5.74, 6) is 1.77. The molecule has 0 radical (unpaired) electrons. The Kier molecular flexibility index (Phi) is 4.18. The van der Waals surface area contributed by atoms with E-state index in [1.807, 2.05) is 18.2 Å². The molecule has 1 fully saturated rings. The summed E-state index contributed by atoms with van der Waals surface area (Å²) in [5.41, 5.74) is 0.953. The third kappa shape index (κ3) is 3.00. The fraction of sp³-hybridized carbons (Fsp3) is 0.385. The second-order valence-corrected chi connectivity index (χ2v) is 6.73. The number of benzene rings is 1. The normalized spacial score (nSPS) is 19.6. The highest BCUT2D eigenvalue weighted by atomic mass is 127. The minimum Gasteiger partial charge on any atom is -0.334 e. The Balaban J connectivity index is 1.89. The van der Waals surface area contributed by atoms with Crippen molar-refractivity contribution in [3.8, 4) is 11.5 Å². The monoisotopic (exact) mass is 433 g/mol. The topological polar surface area (TPSA) is 51.0 Å². The maximum absolute atomic E-state index is 5.42. The van der Waals surface area contributed by atoms with E-state index in [4.69, 9.17) is 4.52 Å². The SMILES string of the molecule is Brc1ccc(I)cc1-c1nc(C2CCCNC2)no1. The molecule has 0 saturated carbocycles. The van der Waals surface area contributed by atoms with Crippen molar-refractivity contribution >= 4 is 38.5 Å². The van der Waals surface area contributed by atoms with Gasteiger partial charge in [0, 0.05) is 20.5 Å². The van der Waals surface area contributed by atoms with Crippen LogP contribution in [-0.4, -0.2) is 23.2 Å².